The van der Waals surface area contributed by atoms with Gasteiger partial charge in [0.25, 0.3) is 0 Å². The first-order chi connectivity index (χ1) is 7.64. The summed E-state index contributed by atoms with van der Waals surface area (Å²) in [7, 11) is 0. The smallest absolute Gasteiger partial charge is 0.235 e. The Morgan fingerprint density at radius 3 is 2.62 bits per heavy atom. The Morgan fingerprint density at radius 2 is 2.12 bits per heavy atom. The highest BCUT2D eigenvalue weighted by atomic mass is 16.2. The second kappa shape index (κ2) is 4.42. The predicted octanol–water partition coefficient (Wildman–Crippen LogP) is 0.891. The summed E-state index contributed by atoms with van der Waals surface area (Å²) in [5, 5.41) is 12.0. The molecule has 2 fully saturated rings. The molecule has 1 amide bonds. The van der Waals surface area contributed by atoms with Crippen molar-refractivity contribution < 1.29 is 4.79 Å². The highest BCUT2D eigenvalue weighted by Gasteiger charge is 2.43. The Kier molecular flexibility index (Phi) is 3.15. The van der Waals surface area contributed by atoms with Crippen LogP contribution < -0.4 is 5.32 Å². The van der Waals surface area contributed by atoms with Crippen molar-refractivity contribution in [1.29, 1.82) is 5.26 Å². The Hall–Kier alpha value is -1.08. The van der Waals surface area contributed by atoms with Gasteiger partial charge < -0.3 is 5.32 Å². The summed E-state index contributed by atoms with van der Waals surface area (Å²) in [6.07, 6.45) is 4.50. The maximum Gasteiger partial charge on any atom is 0.235 e. The quantitative estimate of drug-likeness (QED) is 0.767. The van der Waals surface area contributed by atoms with Crippen LogP contribution in [0.25, 0.3) is 0 Å². The minimum Gasteiger partial charge on any atom is -0.337 e. The zero-order chi connectivity index (χ0) is 11.6. The van der Waals surface area contributed by atoms with E-state index in [0.717, 1.165) is 25.9 Å². The van der Waals surface area contributed by atoms with Gasteiger partial charge in [0.1, 0.15) is 5.54 Å². The van der Waals surface area contributed by atoms with Gasteiger partial charge in [0.15, 0.2) is 0 Å². The molecule has 0 aromatic rings. The van der Waals surface area contributed by atoms with Crippen molar-refractivity contribution in [2.45, 2.75) is 38.1 Å². The van der Waals surface area contributed by atoms with Crippen LogP contribution in [0.15, 0.2) is 0 Å². The lowest BCUT2D eigenvalue weighted by atomic mass is 9.98. The van der Waals surface area contributed by atoms with E-state index in [-0.39, 0.29) is 5.91 Å². The van der Waals surface area contributed by atoms with Crippen molar-refractivity contribution in [3.05, 3.63) is 0 Å². The minimum absolute atomic E-state index is 0.00199. The molecule has 1 N–H and O–H groups in total. The maximum atomic E-state index is 11.8. The third kappa shape index (κ3) is 2.53. The van der Waals surface area contributed by atoms with Crippen molar-refractivity contribution >= 4 is 5.91 Å². The lowest BCUT2D eigenvalue weighted by molar-refractivity contribution is -0.123. The molecule has 1 aliphatic heterocycles. The molecule has 1 aliphatic carbocycles. The lowest BCUT2D eigenvalue weighted by Gasteiger charge is -2.24. The molecule has 0 aromatic heterocycles. The van der Waals surface area contributed by atoms with E-state index in [1.165, 1.54) is 12.8 Å². The summed E-state index contributed by atoms with van der Waals surface area (Å²) in [6, 6.07) is 2.25. The normalized spacial score (nSPS) is 24.8. The molecular weight excluding hydrogens is 202 g/mol. The van der Waals surface area contributed by atoms with Crippen molar-refractivity contribution in [3.8, 4) is 6.07 Å². The SMILES string of the molecule is C[C@@](C#N)(NC(=O)CN1CCCC1)C1CC1. The van der Waals surface area contributed by atoms with Crippen LogP contribution in [0.3, 0.4) is 0 Å². The Bertz CT molecular complexity index is 313. The fourth-order valence-electron chi connectivity index (χ4n) is 2.35. The molecule has 0 unspecified atom stereocenters. The molecule has 1 saturated carbocycles. The van der Waals surface area contributed by atoms with E-state index in [2.05, 4.69) is 16.3 Å². The van der Waals surface area contributed by atoms with Crippen LogP contribution in [0.5, 0.6) is 0 Å². The second-order valence-corrected chi connectivity index (χ2v) is 5.12. The largest absolute Gasteiger partial charge is 0.337 e. The van der Waals surface area contributed by atoms with Gasteiger partial charge in [0.05, 0.1) is 12.6 Å². The first kappa shape index (κ1) is 11.4. The van der Waals surface area contributed by atoms with E-state index in [9.17, 15) is 4.79 Å². The fraction of sp³-hybridized carbons (Fsp3) is 0.833. The first-order valence-corrected chi connectivity index (χ1v) is 6.09. The van der Waals surface area contributed by atoms with Crippen molar-refractivity contribution in [1.82, 2.24) is 10.2 Å². The molecule has 1 heterocycles. The second-order valence-electron chi connectivity index (χ2n) is 5.12. The van der Waals surface area contributed by atoms with Crippen LogP contribution in [0.4, 0.5) is 0 Å². The topological polar surface area (TPSA) is 56.1 Å². The average molecular weight is 221 g/mol. The van der Waals surface area contributed by atoms with Gasteiger partial charge in [-0.15, -0.1) is 0 Å². The van der Waals surface area contributed by atoms with Gasteiger partial charge in [-0.3, -0.25) is 9.69 Å². The molecular formula is C12H19N3O. The van der Waals surface area contributed by atoms with Gasteiger partial charge in [-0.25, -0.2) is 0 Å². The summed E-state index contributed by atoms with van der Waals surface area (Å²) >= 11 is 0. The minimum atomic E-state index is -0.642. The molecule has 0 bridgehead atoms. The Morgan fingerprint density at radius 1 is 1.50 bits per heavy atom. The van der Waals surface area contributed by atoms with Gasteiger partial charge in [0.2, 0.25) is 5.91 Å². The van der Waals surface area contributed by atoms with E-state index in [4.69, 9.17) is 5.26 Å². The number of rotatable bonds is 4. The first-order valence-electron chi connectivity index (χ1n) is 6.09. The highest BCUT2D eigenvalue weighted by molar-refractivity contribution is 5.79. The summed E-state index contributed by atoms with van der Waals surface area (Å²) in [4.78, 5) is 14.0. The lowest BCUT2D eigenvalue weighted by Crippen LogP contribution is -2.49. The number of nitrogens with one attached hydrogen (secondary N) is 1. The maximum absolute atomic E-state index is 11.8. The number of hydrogen-bond acceptors (Lipinski definition) is 3. The van der Waals surface area contributed by atoms with Crippen LogP contribution in [0.2, 0.25) is 0 Å². The standard InChI is InChI=1S/C12H19N3O/c1-12(9-13,10-4-5-10)14-11(16)8-15-6-2-3-7-15/h10H,2-8H2,1H3,(H,14,16)/t12-/m0/s1. The number of carbonyl (C=O) groups excluding carboxylic acids is 1. The fourth-order valence-corrected chi connectivity index (χ4v) is 2.35. The third-order valence-corrected chi connectivity index (χ3v) is 3.59. The summed E-state index contributed by atoms with van der Waals surface area (Å²) in [6.45, 7) is 4.32. The summed E-state index contributed by atoms with van der Waals surface area (Å²) in [5.74, 6) is 0.359. The third-order valence-electron chi connectivity index (χ3n) is 3.59. The van der Waals surface area contributed by atoms with Crippen molar-refractivity contribution in [2.75, 3.05) is 19.6 Å². The zero-order valence-corrected chi connectivity index (χ0v) is 9.83. The van der Waals surface area contributed by atoms with Crippen molar-refractivity contribution in [2.24, 2.45) is 5.92 Å². The number of amides is 1. The van der Waals surface area contributed by atoms with Gasteiger partial charge in [-0.2, -0.15) is 5.26 Å². The van der Waals surface area contributed by atoms with Crippen LogP contribution in [0.1, 0.15) is 32.6 Å². The number of carbonyl (C=O) groups is 1. The molecule has 88 valence electrons. The van der Waals surface area contributed by atoms with E-state index in [1.807, 2.05) is 6.92 Å². The van der Waals surface area contributed by atoms with Crippen LogP contribution in [-0.2, 0) is 4.79 Å². The summed E-state index contributed by atoms with van der Waals surface area (Å²) in [5.41, 5.74) is -0.642. The Labute approximate surface area is 96.6 Å². The van der Waals surface area contributed by atoms with E-state index in [1.54, 1.807) is 0 Å². The van der Waals surface area contributed by atoms with Gasteiger partial charge in [-0.1, -0.05) is 0 Å². The molecule has 4 nitrogen and oxygen atoms in total. The van der Waals surface area contributed by atoms with Crippen LogP contribution in [-0.4, -0.2) is 36.0 Å². The highest BCUT2D eigenvalue weighted by Crippen LogP contribution is 2.39. The average Bonchev–Trinajstić information content (AvgIpc) is 3.00. The van der Waals surface area contributed by atoms with E-state index in [0.29, 0.717) is 12.5 Å². The van der Waals surface area contributed by atoms with Gasteiger partial charge >= 0.3 is 0 Å². The van der Waals surface area contributed by atoms with E-state index < -0.39 is 5.54 Å². The zero-order valence-electron chi connectivity index (χ0n) is 9.83. The number of likely N-dealkylation sites (tertiary alicyclic amines) is 1. The number of nitriles is 1. The number of nitrogens with zero attached hydrogens (tertiary/aromatic N) is 2. The molecule has 2 aliphatic rings. The van der Waals surface area contributed by atoms with E-state index >= 15 is 0 Å². The molecule has 1 saturated heterocycles. The monoisotopic (exact) mass is 221 g/mol. The molecule has 0 aromatic carbocycles. The van der Waals surface area contributed by atoms with Crippen molar-refractivity contribution in [3.63, 3.8) is 0 Å². The molecule has 2 rings (SSSR count). The Balaban J connectivity index is 1.83. The molecule has 16 heavy (non-hydrogen) atoms. The van der Waals surface area contributed by atoms with Crippen LogP contribution >= 0.6 is 0 Å². The van der Waals surface area contributed by atoms with Gasteiger partial charge in [-0.05, 0) is 51.6 Å². The molecule has 1 atom stereocenters. The molecule has 0 spiro atoms. The summed E-state index contributed by atoms with van der Waals surface area (Å²) < 4.78 is 0. The van der Waals surface area contributed by atoms with Gasteiger partial charge in [0, 0.05) is 0 Å². The number of hydrogen-bond donors (Lipinski definition) is 1. The predicted molar refractivity (Wildman–Crippen MR) is 60.6 cm³/mol. The van der Waals surface area contributed by atoms with Crippen LogP contribution in [0, 0.1) is 17.2 Å². The molecule has 0 radical (unpaired) electrons. The molecule has 4 heteroatoms.